The van der Waals surface area contributed by atoms with Gasteiger partial charge in [-0.2, -0.15) is 0 Å². The second kappa shape index (κ2) is 14.9. The fourth-order valence-electron chi connectivity index (χ4n) is 1.75. The van der Waals surface area contributed by atoms with Crippen LogP contribution in [0.4, 0.5) is 0 Å². The third-order valence-electron chi connectivity index (χ3n) is 3.60. The van der Waals surface area contributed by atoms with Gasteiger partial charge in [-0.1, -0.05) is 20.3 Å². The molecule has 0 bridgehead atoms. The van der Waals surface area contributed by atoms with E-state index >= 15 is 0 Å². The maximum Gasteiger partial charge on any atom is 0.326 e. The maximum absolute atomic E-state index is 11.5. The lowest BCUT2D eigenvalue weighted by atomic mass is 10.0. The zero-order valence-electron chi connectivity index (χ0n) is 15.9. The number of carboxylic acids is 2. The Balaban J connectivity index is 0. The predicted molar refractivity (Wildman–Crippen MR) is 99.3 cm³/mol. The molecule has 0 aliphatic heterocycles. The molecule has 0 aliphatic carbocycles. The molecule has 11 heteroatoms. The van der Waals surface area contributed by atoms with Crippen LogP contribution in [-0.4, -0.2) is 58.6 Å². The Morgan fingerprint density at radius 2 is 1.52 bits per heavy atom. The largest absolute Gasteiger partial charge is 0.480 e. The summed E-state index contributed by atoms with van der Waals surface area (Å²) in [5.41, 5.74) is 20.9. The summed E-state index contributed by atoms with van der Waals surface area (Å²) in [6.07, 6.45) is 2.02. The average molecular weight is 391 g/mol. The van der Waals surface area contributed by atoms with Crippen LogP contribution in [0.2, 0.25) is 0 Å². The van der Waals surface area contributed by atoms with Gasteiger partial charge in [0.1, 0.15) is 12.1 Å². The Bertz CT molecular complexity index is 486. The summed E-state index contributed by atoms with van der Waals surface area (Å²) in [5.74, 6) is -3.40. The summed E-state index contributed by atoms with van der Waals surface area (Å²) in [4.78, 5) is 43.0. The lowest BCUT2D eigenvalue weighted by Gasteiger charge is -2.19. The highest BCUT2D eigenvalue weighted by Gasteiger charge is 2.24. The summed E-state index contributed by atoms with van der Waals surface area (Å²) >= 11 is 0. The number of hydrogen-bond acceptors (Lipinski definition) is 7. The van der Waals surface area contributed by atoms with Crippen molar-refractivity contribution in [3.63, 3.8) is 0 Å². The molecule has 0 aromatic heterocycles. The minimum atomic E-state index is -1.21. The van der Waals surface area contributed by atoms with Crippen molar-refractivity contribution >= 4 is 23.8 Å². The third kappa shape index (κ3) is 14.6. The average Bonchev–Trinajstić information content (AvgIpc) is 2.57. The van der Waals surface area contributed by atoms with Crippen LogP contribution in [0.3, 0.4) is 0 Å². The van der Waals surface area contributed by atoms with Gasteiger partial charge >= 0.3 is 11.9 Å². The number of nitrogens with two attached hydrogens (primary N) is 4. The molecule has 3 unspecified atom stereocenters. The molecule has 11 N–H and O–H groups in total. The first kappa shape index (κ1) is 27.0. The van der Waals surface area contributed by atoms with Crippen molar-refractivity contribution in [2.45, 2.75) is 64.1 Å². The minimum Gasteiger partial charge on any atom is -0.480 e. The highest BCUT2D eigenvalue weighted by Crippen LogP contribution is 2.02. The molecule has 0 saturated carbocycles. The summed E-state index contributed by atoms with van der Waals surface area (Å²) in [7, 11) is 0. The van der Waals surface area contributed by atoms with Crippen molar-refractivity contribution in [3.05, 3.63) is 0 Å². The fraction of sp³-hybridized carbons (Fsp3) is 0.750. The van der Waals surface area contributed by atoms with Crippen LogP contribution < -0.4 is 28.3 Å². The Labute approximate surface area is 158 Å². The first-order valence-electron chi connectivity index (χ1n) is 8.69. The van der Waals surface area contributed by atoms with E-state index in [1.54, 1.807) is 13.8 Å². The molecule has 158 valence electrons. The summed E-state index contributed by atoms with van der Waals surface area (Å²) in [5, 5.41) is 19.5. The van der Waals surface area contributed by atoms with E-state index in [2.05, 4.69) is 5.32 Å². The molecular formula is C16H33N5O6. The summed E-state index contributed by atoms with van der Waals surface area (Å²) < 4.78 is 0. The summed E-state index contributed by atoms with van der Waals surface area (Å²) in [6.45, 7) is 4.11. The van der Waals surface area contributed by atoms with Crippen LogP contribution >= 0.6 is 0 Å². The van der Waals surface area contributed by atoms with Crippen molar-refractivity contribution in [2.75, 3.05) is 6.54 Å². The van der Waals surface area contributed by atoms with E-state index in [0.29, 0.717) is 13.0 Å². The number of carbonyl (C=O) groups excluding carboxylic acids is 2. The summed E-state index contributed by atoms with van der Waals surface area (Å²) in [6, 6.07) is -2.63. The van der Waals surface area contributed by atoms with E-state index in [9.17, 15) is 19.2 Å². The van der Waals surface area contributed by atoms with Crippen molar-refractivity contribution in [2.24, 2.45) is 28.9 Å². The number of primary amides is 1. The van der Waals surface area contributed by atoms with Crippen LogP contribution in [0.25, 0.3) is 0 Å². The van der Waals surface area contributed by atoms with E-state index in [4.69, 9.17) is 33.1 Å². The number of nitrogens with one attached hydrogen (secondary N) is 1. The fourth-order valence-corrected chi connectivity index (χ4v) is 1.75. The zero-order valence-corrected chi connectivity index (χ0v) is 15.9. The number of carboxylic acid groups (broad SMARTS) is 2. The first-order valence-corrected chi connectivity index (χ1v) is 8.69. The van der Waals surface area contributed by atoms with Crippen LogP contribution in [0.15, 0.2) is 0 Å². The molecule has 0 fully saturated rings. The topological polar surface area (TPSA) is 225 Å². The Morgan fingerprint density at radius 1 is 0.963 bits per heavy atom. The highest BCUT2D eigenvalue weighted by molar-refractivity contribution is 5.87. The number of aliphatic carboxylic acids is 2. The van der Waals surface area contributed by atoms with Crippen LogP contribution in [0.1, 0.15) is 46.0 Å². The first-order chi connectivity index (χ1) is 12.4. The highest BCUT2D eigenvalue weighted by atomic mass is 16.4. The smallest absolute Gasteiger partial charge is 0.326 e. The van der Waals surface area contributed by atoms with E-state index < -0.39 is 41.9 Å². The van der Waals surface area contributed by atoms with Gasteiger partial charge in [0.2, 0.25) is 11.8 Å². The van der Waals surface area contributed by atoms with Crippen molar-refractivity contribution < 1.29 is 29.4 Å². The maximum atomic E-state index is 11.5. The standard InChI is InChI=1S/C10H19N3O4.C6H14N2O2/c1-5(2)8(12)9(15)13-6(10(16)17)3-4-7(11)14;7-4-2-1-3-5(8)6(9)10/h5-6,8H,3-4,12H2,1-2H3,(H2,11,14)(H,13,15)(H,16,17);5H,1-4,7-8H2,(H,9,10). The van der Waals surface area contributed by atoms with Crippen molar-refractivity contribution in [3.8, 4) is 0 Å². The number of amides is 2. The molecule has 11 nitrogen and oxygen atoms in total. The van der Waals surface area contributed by atoms with Gasteiger partial charge in [-0.25, -0.2) is 4.79 Å². The zero-order chi connectivity index (χ0) is 21.6. The van der Waals surface area contributed by atoms with Gasteiger partial charge in [-0.15, -0.1) is 0 Å². The molecule has 0 radical (unpaired) electrons. The van der Waals surface area contributed by atoms with Gasteiger partial charge in [0.05, 0.1) is 6.04 Å². The molecule has 2 amide bonds. The van der Waals surface area contributed by atoms with Gasteiger partial charge < -0.3 is 38.5 Å². The molecule has 0 aromatic carbocycles. The third-order valence-corrected chi connectivity index (χ3v) is 3.60. The van der Waals surface area contributed by atoms with E-state index in [1.807, 2.05) is 0 Å². The molecule has 3 atom stereocenters. The predicted octanol–water partition coefficient (Wildman–Crippen LogP) is -1.67. The molecule has 0 aliphatic rings. The van der Waals surface area contributed by atoms with Gasteiger partial charge in [0.25, 0.3) is 0 Å². The van der Waals surface area contributed by atoms with Crippen LogP contribution in [0.5, 0.6) is 0 Å². The molecule has 0 saturated heterocycles. The number of unbranched alkanes of at least 4 members (excludes halogenated alkanes) is 1. The lowest BCUT2D eigenvalue weighted by molar-refractivity contribution is -0.142. The minimum absolute atomic E-state index is 0.0405. The Kier molecular flexibility index (Phi) is 14.9. The van der Waals surface area contributed by atoms with Gasteiger partial charge in [-0.3, -0.25) is 14.4 Å². The molecule has 0 spiro atoms. The van der Waals surface area contributed by atoms with Crippen molar-refractivity contribution in [1.82, 2.24) is 5.32 Å². The molecule has 0 aromatic rings. The molecular weight excluding hydrogens is 358 g/mol. The second-order valence-electron chi connectivity index (χ2n) is 6.40. The van der Waals surface area contributed by atoms with E-state index in [-0.39, 0.29) is 18.8 Å². The van der Waals surface area contributed by atoms with Crippen LogP contribution in [-0.2, 0) is 19.2 Å². The quantitative estimate of drug-likeness (QED) is 0.188. The molecule has 27 heavy (non-hydrogen) atoms. The normalized spacial score (nSPS) is 13.7. The number of carbonyl (C=O) groups is 4. The Hall–Kier alpha value is -2.24. The lowest BCUT2D eigenvalue weighted by Crippen LogP contribution is -2.50. The molecule has 0 heterocycles. The number of rotatable bonds is 12. The van der Waals surface area contributed by atoms with Gasteiger partial charge in [-0.05, 0) is 31.7 Å². The van der Waals surface area contributed by atoms with Crippen LogP contribution in [0, 0.1) is 5.92 Å². The van der Waals surface area contributed by atoms with E-state index in [1.165, 1.54) is 0 Å². The van der Waals surface area contributed by atoms with E-state index in [0.717, 1.165) is 12.8 Å². The SMILES string of the molecule is CC(C)C(N)C(=O)NC(CCC(N)=O)C(=O)O.NCCCCC(N)C(=O)O. The molecule has 0 rings (SSSR count). The van der Waals surface area contributed by atoms with Gasteiger partial charge in [0, 0.05) is 6.42 Å². The number of hydrogen-bond donors (Lipinski definition) is 7. The Morgan fingerprint density at radius 3 is 1.89 bits per heavy atom. The second-order valence-corrected chi connectivity index (χ2v) is 6.40. The van der Waals surface area contributed by atoms with Crippen molar-refractivity contribution in [1.29, 1.82) is 0 Å². The monoisotopic (exact) mass is 391 g/mol. The van der Waals surface area contributed by atoms with Gasteiger partial charge in [0.15, 0.2) is 0 Å².